The number of amides is 2. The van der Waals surface area contributed by atoms with E-state index in [1.54, 1.807) is 30.1 Å². The molecule has 1 aromatic heterocycles. The highest BCUT2D eigenvalue weighted by molar-refractivity contribution is 7.09. The van der Waals surface area contributed by atoms with Crippen molar-refractivity contribution in [1.82, 2.24) is 14.8 Å². The fourth-order valence-electron chi connectivity index (χ4n) is 3.92. The van der Waals surface area contributed by atoms with E-state index in [1.165, 1.54) is 0 Å². The van der Waals surface area contributed by atoms with Crippen LogP contribution in [0, 0.1) is 6.92 Å². The number of piperazine rings is 1. The summed E-state index contributed by atoms with van der Waals surface area (Å²) in [5, 5.41) is 3.17. The lowest BCUT2D eigenvalue weighted by Crippen LogP contribution is -2.57. The number of carbonyl (C=O) groups excluding carboxylic acids is 2. The number of anilines is 1. The van der Waals surface area contributed by atoms with E-state index >= 15 is 0 Å². The average molecular weight is 415 g/mol. The number of nitrogens with zero attached hydrogens (tertiary/aromatic N) is 4. The predicted octanol–water partition coefficient (Wildman–Crippen LogP) is 2.30. The van der Waals surface area contributed by atoms with Crippen LogP contribution < -0.4 is 9.64 Å². The Labute approximate surface area is 174 Å². The lowest BCUT2D eigenvalue weighted by molar-refractivity contribution is -0.137. The smallest absolute Gasteiger partial charge is 0.268 e. The Hall–Kier alpha value is -2.45. The summed E-state index contributed by atoms with van der Waals surface area (Å²) in [7, 11) is 0. The molecule has 0 radical (unpaired) electrons. The molecule has 7 nitrogen and oxygen atoms in total. The zero-order chi connectivity index (χ0) is 20.5. The van der Waals surface area contributed by atoms with Gasteiger partial charge in [-0.25, -0.2) is 4.98 Å². The number of aryl methyl sites for hydroxylation is 1. The molecule has 4 rings (SSSR count). The van der Waals surface area contributed by atoms with E-state index in [2.05, 4.69) is 15.3 Å². The lowest BCUT2D eigenvalue weighted by Gasteiger charge is -2.40. The Bertz CT molecular complexity index is 907. The summed E-state index contributed by atoms with van der Waals surface area (Å²) in [6.45, 7) is 9.27. The van der Waals surface area contributed by atoms with Crippen molar-refractivity contribution in [3.05, 3.63) is 40.3 Å². The Morgan fingerprint density at radius 2 is 2.00 bits per heavy atom. The van der Waals surface area contributed by atoms with Crippen LogP contribution in [0.25, 0.3) is 0 Å². The fourth-order valence-corrected chi connectivity index (χ4v) is 4.53. The van der Waals surface area contributed by atoms with Gasteiger partial charge in [0.1, 0.15) is 11.8 Å². The summed E-state index contributed by atoms with van der Waals surface area (Å²) in [4.78, 5) is 36.3. The van der Waals surface area contributed by atoms with Crippen LogP contribution in [0.3, 0.4) is 0 Å². The molecule has 29 heavy (non-hydrogen) atoms. The Morgan fingerprint density at radius 3 is 2.69 bits per heavy atom. The van der Waals surface area contributed by atoms with Crippen LogP contribution in [-0.2, 0) is 16.1 Å². The number of hydrogen-bond donors (Lipinski definition) is 0. The first-order chi connectivity index (χ1) is 13.9. The topological polar surface area (TPSA) is 66.0 Å². The molecule has 0 bridgehead atoms. The summed E-state index contributed by atoms with van der Waals surface area (Å²) < 4.78 is 5.69. The predicted molar refractivity (Wildman–Crippen MR) is 112 cm³/mol. The van der Waals surface area contributed by atoms with E-state index in [9.17, 15) is 9.59 Å². The minimum Gasteiger partial charge on any atom is -0.479 e. The molecule has 2 atom stereocenters. The van der Waals surface area contributed by atoms with E-state index < -0.39 is 12.1 Å². The molecule has 1 saturated heterocycles. The molecule has 2 amide bonds. The zero-order valence-electron chi connectivity index (χ0n) is 17.0. The van der Waals surface area contributed by atoms with Crippen LogP contribution in [0.15, 0.2) is 29.6 Å². The minimum absolute atomic E-state index is 0.0218. The van der Waals surface area contributed by atoms with E-state index in [0.29, 0.717) is 24.5 Å². The first-order valence-corrected chi connectivity index (χ1v) is 10.8. The Balaban J connectivity index is 1.41. The third-order valence-electron chi connectivity index (χ3n) is 5.49. The highest BCUT2D eigenvalue weighted by Crippen LogP contribution is 2.35. The molecule has 0 spiro atoms. The zero-order valence-corrected chi connectivity index (χ0v) is 17.8. The molecule has 0 unspecified atom stereocenters. The summed E-state index contributed by atoms with van der Waals surface area (Å²) in [6.07, 6.45) is -0.599. The molecule has 1 fully saturated rings. The number of ether oxygens (including phenoxy) is 1. The van der Waals surface area contributed by atoms with Gasteiger partial charge in [0.05, 0.1) is 16.4 Å². The molecule has 2 aliphatic heterocycles. The van der Waals surface area contributed by atoms with E-state index in [0.717, 1.165) is 30.3 Å². The highest BCUT2D eigenvalue weighted by atomic mass is 32.1. The quantitative estimate of drug-likeness (QED) is 0.768. The second-order valence-corrected chi connectivity index (χ2v) is 8.63. The van der Waals surface area contributed by atoms with Crippen LogP contribution in [0.5, 0.6) is 5.75 Å². The monoisotopic (exact) mass is 414 g/mol. The largest absolute Gasteiger partial charge is 0.479 e. The van der Waals surface area contributed by atoms with Crippen LogP contribution in [0.4, 0.5) is 5.69 Å². The molecule has 2 aromatic rings. The van der Waals surface area contributed by atoms with Gasteiger partial charge >= 0.3 is 0 Å². The maximum atomic E-state index is 13.2. The van der Waals surface area contributed by atoms with E-state index in [4.69, 9.17) is 4.74 Å². The van der Waals surface area contributed by atoms with Gasteiger partial charge in [0.15, 0.2) is 6.10 Å². The fraction of sp³-hybridized carbons (Fsp3) is 0.476. The number of fused-ring (bicyclic) bond motifs is 1. The van der Waals surface area contributed by atoms with Gasteiger partial charge in [-0.2, -0.15) is 0 Å². The molecule has 0 saturated carbocycles. The molecular formula is C21H26N4O3S. The second kappa shape index (κ2) is 8.12. The summed E-state index contributed by atoms with van der Waals surface area (Å²) in [6, 6.07) is 6.82. The van der Waals surface area contributed by atoms with Crippen molar-refractivity contribution in [2.45, 2.75) is 39.5 Å². The number of carbonyl (C=O) groups is 2. The maximum Gasteiger partial charge on any atom is 0.268 e. The van der Waals surface area contributed by atoms with Crippen LogP contribution >= 0.6 is 11.3 Å². The first kappa shape index (κ1) is 19.8. The van der Waals surface area contributed by atoms with E-state index in [1.807, 2.05) is 36.1 Å². The van der Waals surface area contributed by atoms with Crippen molar-refractivity contribution in [1.29, 1.82) is 0 Å². The van der Waals surface area contributed by atoms with Gasteiger partial charge in [0.25, 0.3) is 5.91 Å². The Kier molecular flexibility index (Phi) is 5.56. The molecule has 1 aromatic carbocycles. The van der Waals surface area contributed by atoms with Gasteiger partial charge in [-0.05, 0) is 32.9 Å². The number of benzene rings is 1. The molecule has 2 aliphatic rings. The maximum absolute atomic E-state index is 13.2. The SMILES string of the molecule is Cc1nc(CN2CCN(C(=O)[C@@H](C)N3C(=O)[C@H](C)Oc4ccccc43)CC2)cs1. The van der Waals surface area contributed by atoms with Gasteiger partial charge in [0, 0.05) is 38.1 Å². The normalized spacial score (nSPS) is 20.9. The molecule has 154 valence electrons. The molecule has 0 N–H and O–H groups in total. The standard InChI is InChI=1S/C21H26N4O3S/c1-14(25-18-6-4-5-7-19(18)28-15(2)21(25)27)20(26)24-10-8-23(9-11-24)12-17-13-29-16(3)22-17/h4-7,13-15H,8-12H2,1-3H3/t14-,15+/m1/s1. The van der Waals surface area contributed by atoms with Crippen LogP contribution in [-0.4, -0.2) is 64.9 Å². The second-order valence-electron chi connectivity index (χ2n) is 7.57. The van der Waals surface area contributed by atoms with Crippen molar-refractivity contribution in [3.63, 3.8) is 0 Å². The van der Waals surface area contributed by atoms with Gasteiger partial charge in [-0.15, -0.1) is 11.3 Å². The van der Waals surface area contributed by atoms with Gasteiger partial charge in [0.2, 0.25) is 5.91 Å². The van der Waals surface area contributed by atoms with Crippen LogP contribution in [0.1, 0.15) is 24.5 Å². The highest BCUT2D eigenvalue weighted by Gasteiger charge is 2.38. The van der Waals surface area contributed by atoms with Crippen molar-refractivity contribution < 1.29 is 14.3 Å². The van der Waals surface area contributed by atoms with E-state index in [-0.39, 0.29) is 11.8 Å². The average Bonchev–Trinajstić information content (AvgIpc) is 3.13. The first-order valence-electron chi connectivity index (χ1n) is 9.95. The van der Waals surface area contributed by atoms with Crippen LogP contribution in [0.2, 0.25) is 0 Å². The van der Waals surface area contributed by atoms with Gasteiger partial charge in [-0.3, -0.25) is 19.4 Å². The molecule has 0 aliphatic carbocycles. The van der Waals surface area contributed by atoms with Crippen molar-refractivity contribution in [3.8, 4) is 5.75 Å². The third kappa shape index (κ3) is 4.00. The number of rotatable bonds is 4. The molecule has 8 heteroatoms. The Morgan fingerprint density at radius 1 is 1.28 bits per heavy atom. The van der Waals surface area contributed by atoms with Crippen molar-refractivity contribution in [2.75, 3.05) is 31.1 Å². The van der Waals surface area contributed by atoms with Gasteiger partial charge in [-0.1, -0.05) is 12.1 Å². The lowest BCUT2D eigenvalue weighted by atomic mass is 10.1. The summed E-state index contributed by atoms with van der Waals surface area (Å²) >= 11 is 1.66. The molecular weight excluding hydrogens is 388 g/mol. The summed E-state index contributed by atoms with van der Waals surface area (Å²) in [5.41, 5.74) is 1.75. The molecule has 3 heterocycles. The minimum atomic E-state index is -0.599. The third-order valence-corrected chi connectivity index (χ3v) is 6.32. The summed E-state index contributed by atoms with van der Waals surface area (Å²) in [5.74, 6) is 0.441. The van der Waals surface area contributed by atoms with Crippen molar-refractivity contribution in [2.24, 2.45) is 0 Å². The van der Waals surface area contributed by atoms with Gasteiger partial charge < -0.3 is 9.64 Å². The number of aromatic nitrogens is 1. The number of para-hydroxylation sites is 2. The number of hydrogen-bond acceptors (Lipinski definition) is 6. The van der Waals surface area contributed by atoms with Crippen molar-refractivity contribution >= 4 is 28.8 Å². The number of thiazole rings is 1.